The molecule has 1 aromatic carbocycles. The molecule has 0 atom stereocenters. The Morgan fingerprint density at radius 3 is 2.21 bits per heavy atom. The predicted molar refractivity (Wildman–Crippen MR) is 49.6 cm³/mol. The molecule has 1 saturated carbocycles. The Hall–Kier alpha value is -0.830. The maximum atomic E-state index is 13.2. The summed E-state index contributed by atoms with van der Waals surface area (Å²) in [4.78, 5) is 0. The second kappa shape index (κ2) is 3.73. The fraction of sp³-hybridized carbons (Fsp3) is 0.400. The van der Waals surface area contributed by atoms with Crippen LogP contribution < -0.4 is 4.74 Å². The summed E-state index contributed by atoms with van der Waals surface area (Å²) in [6.45, 7) is 0. The lowest BCUT2D eigenvalue weighted by Gasteiger charge is -2.26. The molecule has 4 heteroatoms. The Labute approximate surface area is 85.6 Å². The Morgan fingerprint density at radius 2 is 1.79 bits per heavy atom. The van der Waals surface area contributed by atoms with Crippen LogP contribution in [0.1, 0.15) is 19.3 Å². The van der Waals surface area contributed by atoms with Crippen LogP contribution in [0.3, 0.4) is 0 Å². The van der Waals surface area contributed by atoms with Gasteiger partial charge in [0.25, 0.3) is 0 Å². The van der Waals surface area contributed by atoms with Gasteiger partial charge in [0.05, 0.1) is 6.10 Å². The molecular formula is C10H9ClF2O. The smallest absolute Gasteiger partial charge is 0.191 e. The van der Waals surface area contributed by atoms with Gasteiger partial charge in [-0.05, 0) is 31.4 Å². The van der Waals surface area contributed by atoms with Gasteiger partial charge in [0.1, 0.15) is 0 Å². The summed E-state index contributed by atoms with van der Waals surface area (Å²) in [5, 5.41) is 0.0426. The normalized spacial score (nSPS) is 16.5. The number of hydrogen-bond donors (Lipinski definition) is 0. The van der Waals surface area contributed by atoms with E-state index in [1.165, 1.54) is 0 Å². The van der Waals surface area contributed by atoms with Gasteiger partial charge in [0.2, 0.25) is 0 Å². The van der Waals surface area contributed by atoms with Crippen molar-refractivity contribution < 1.29 is 13.5 Å². The summed E-state index contributed by atoms with van der Waals surface area (Å²) in [6, 6.07) is 2.11. The second-order valence-electron chi connectivity index (χ2n) is 3.37. The highest BCUT2D eigenvalue weighted by Gasteiger charge is 2.22. The average molecular weight is 219 g/mol. The largest absolute Gasteiger partial charge is 0.484 e. The lowest BCUT2D eigenvalue weighted by molar-refractivity contribution is 0.109. The molecule has 0 spiro atoms. The highest BCUT2D eigenvalue weighted by atomic mass is 35.5. The van der Waals surface area contributed by atoms with Crippen molar-refractivity contribution in [3.63, 3.8) is 0 Å². The minimum absolute atomic E-state index is 0.0415. The SMILES string of the molecule is Fc1cc(Cl)cc(F)c1OC1CCC1. The first-order chi connectivity index (χ1) is 6.66. The molecule has 76 valence electrons. The first kappa shape index (κ1) is 9.71. The molecule has 0 heterocycles. The number of benzene rings is 1. The Balaban J connectivity index is 2.22. The standard InChI is InChI=1S/C10H9ClF2O/c11-6-4-8(12)10(9(13)5-6)14-7-2-1-3-7/h4-5,7H,1-3H2. The minimum Gasteiger partial charge on any atom is -0.484 e. The first-order valence-electron chi connectivity index (χ1n) is 4.48. The number of hydrogen-bond acceptors (Lipinski definition) is 1. The van der Waals surface area contributed by atoms with Gasteiger partial charge >= 0.3 is 0 Å². The average Bonchev–Trinajstić information content (AvgIpc) is 1.98. The summed E-state index contributed by atoms with van der Waals surface area (Å²) in [5.74, 6) is -1.78. The van der Waals surface area contributed by atoms with Gasteiger partial charge in [0.15, 0.2) is 17.4 Å². The molecule has 0 N–H and O–H groups in total. The molecule has 1 fully saturated rings. The van der Waals surface area contributed by atoms with E-state index >= 15 is 0 Å². The van der Waals surface area contributed by atoms with Crippen LogP contribution in [-0.4, -0.2) is 6.10 Å². The van der Waals surface area contributed by atoms with Crippen LogP contribution in [0.25, 0.3) is 0 Å². The van der Waals surface area contributed by atoms with Crippen molar-refractivity contribution in [2.24, 2.45) is 0 Å². The zero-order valence-corrected chi connectivity index (χ0v) is 8.15. The van der Waals surface area contributed by atoms with Crippen LogP contribution >= 0.6 is 11.6 Å². The molecule has 0 amide bonds. The van der Waals surface area contributed by atoms with Crippen molar-refractivity contribution in [3.8, 4) is 5.75 Å². The van der Waals surface area contributed by atoms with E-state index in [0.29, 0.717) is 0 Å². The number of halogens is 3. The minimum atomic E-state index is -0.734. The Kier molecular flexibility index (Phi) is 2.59. The molecule has 0 bridgehead atoms. The van der Waals surface area contributed by atoms with Gasteiger partial charge in [-0.1, -0.05) is 11.6 Å². The van der Waals surface area contributed by atoms with E-state index < -0.39 is 11.6 Å². The van der Waals surface area contributed by atoms with E-state index in [4.69, 9.17) is 16.3 Å². The topological polar surface area (TPSA) is 9.23 Å². The lowest BCUT2D eigenvalue weighted by Crippen LogP contribution is -2.25. The molecule has 0 saturated heterocycles. The predicted octanol–water partition coefficient (Wildman–Crippen LogP) is 3.55. The van der Waals surface area contributed by atoms with Crippen LogP contribution in [0.15, 0.2) is 12.1 Å². The fourth-order valence-corrected chi connectivity index (χ4v) is 1.49. The molecular weight excluding hydrogens is 210 g/mol. The lowest BCUT2D eigenvalue weighted by atomic mass is 9.96. The summed E-state index contributed by atoms with van der Waals surface area (Å²) < 4.78 is 31.5. The molecule has 1 aliphatic rings. The van der Waals surface area contributed by atoms with Gasteiger partial charge in [-0.2, -0.15) is 0 Å². The number of rotatable bonds is 2. The first-order valence-corrected chi connectivity index (χ1v) is 4.86. The van der Waals surface area contributed by atoms with Gasteiger partial charge < -0.3 is 4.74 Å². The van der Waals surface area contributed by atoms with Gasteiger partial charge in [-0.25, -0.2) is 8.78 Å². The van der Waals surface area contributed by atoms with Gasteiger partial charge in [-0.3, -0.25) is 0 Å². The Bertz CT molecular complexity index is 327. The Morgan fingerprint density at radius 1 is 1.21 bits per heavy atom. The third-order valence-corrected chi connectivity index (χ3v) is 2.52. The third-order valence-electron chi connectivity index (χ3n) is 2.30. The van der Waals surface area contributed by atoms with Crippen LogP contribution in [0.4, 0.5) is 8.78 Å². The second-order valence-corrected chi connectivity index (χ2v) is 3.81. The van der Waals surface area contributed by atoms with Crippen molar-refractivity contribution in [1.82, 2.24) is 0 Å². The molecule has 0 radical (unpaired) electrons. The van der Waals surface area contributed by atoms with E-state index in [1.54, 1.807) is 0 Å². The zero-order valence-electron chi connectivity index (χ0n) is 7.40. The summed E-state index contributed by atoms with van der Waals surface area (Å²) in [5.41, 5.74) is 0. The molecule has 0 aromatic heterocycles. The zero-order chi connectivity index (χ0) is 10.1. The van der Waals surface area contributed by atoms with Crippen molar-refractivity contribution in [3.05, 3.63) is 28.8 Å². The monoisotopic (exact) mass is 218 g/mol. The van der Waals surface area contributed by atoms with Gasteiger partial charge in [0, 0.05) is 5.02 Å². The van der Waals surface area contributed by atoms with Crippen LogP contribution in [0, 0.1) is 11.6 Å². The molecule has 14 heavy (non-hydrogen) atoms. The van der Waals surface area contributed by atoms with Crippen LogP contribution in [0.5, 0.6) is 5.75 Å². The van der Waals surface area contributed by atoms with Crippen molar-refractivity contribution in [1.29, 1.82) is 0 Å². The van der Waals surface area contributed by atoms with Crippen molar-refractivity contribution >= 4 is 11.6 Å². The van der Waals surface area contributed by atoms with Gasteiger partial charge in [-0.15, -0.1) is 0 Å². The highest BCUT2D eigenvalue weighted by molar-refractivity contribution is 6.30. The van der Waals surface area contributed by atoms with Crippen LogP contribution in [0.2, 0.25) is 5.02 Å². The summed E-state index contributed by atoms with van der Waals surface area (Å²) in [7, 11) is 0. The van der Waals surface area contributed by atoms with E-state index in [1.807, 2.05) is 0 Å². The van der Waals surface area contributed by atoms with E-state index in [9.17, 15) is 8.78 Å². The quantitative estimate of drug-likeness (QED) is 0.738. The van der Waals surface area contributed by atoms with E-state index in [-0.39, 0.29) is 16.9 Å². The molecule has 0 aliphatic heterocycles. The summed E-state index contributed by atoms with van der Waals surface area (Å²) >= 11 is 5.47. The van der Waals surface area contributed by atoms with Crippen LogP contribution in [-0.2, 0) is 0 Å². The van der Waals surface area contributed by atoms with Crippen molar-refractivity contribution in [2.45, 2.75) is 25.4 Å². The molecule has 1 aromatic rings. The van der Waals surface area contributed by atoms with Crippen molar-refractivity contribution in [2.75, 3.05) is 0 Å². The van der Waals surface area contributed by atoms with E-state index in [2.05, 4.69) is 0 Å². The highest BCUT2D eigenvalue weighted by Crippen LogP contribution is 2.30. The maximum Gasteiger partial charge on any atom is 0.191 e. The third kappa shape index (κ3) is 1.82. The molecule has 1 aliphatic carbocycles. The molecule has 1 nitrogen and oxygen atoms in total. The molecule has 2 rings (SSSR count). The van der Waals surface area contributed by atoms with E-state index in [0.717, 1.165) is 31.4 Å². The fourth-order valence-electron chi connectivity index (χ4n) is 1.30. The molecule has 0 unspecified atom stereocenters. The number of ether oxygens (including phenoxy) is 1. The summed E-state index contributed by atoms with van der Waals surface area (Å²) in [6.07, 6.45) is 2.74. The maximum absolute atomic E-state index is 13.2.